The van der Waals surface area contributed by atoms with Crippen LogP contribution in [0.15, 0.2) is 16.7 Å². The minimum Gasteiger partial charge on any atom is -0.469 e. The second kappa shape index (κ2) is 5.71. The van der Waals surface area contributed by atoms with Crippen molar-refractivity contribution in [2.75, 3.05) is 11.9 Å². The molecule has 0 aliphatic carbocycles. The van der Waals surface area contributed by atoms with E-state index in [0.717, 1.165) is 36.9 Å². The molecule has 1 aromatic heterocycles. The Bertz CT molecular complexity index is 387. The fourth-order valence-corrected chi connectivity index (χ4v) is 2.98. The van der Waals surface area contributed by atoms with Crippen molar-refractivity contribution in [1.29, 1.82) is 0 Å². The molecule has 0 saturated carbocycles. The van der Waals surface area contributed by atoms with Gasteiger partial charge in [0, 0.05) is 17.9 Å². The first-order valence-corrected chi connectivity index (χ1v) is 7.27. The summed E-state index contributed by atoms with van der Waals surface area (Å²) in [5.74, 6) is 0.847. The van der Waals surface area contributed by atoms with Crippen LogP contribution in [0.1, 0.15) is 41.8 Å². The van der Waals surface area contributed by atoms with E-state index in [2.05, 4.69) is 15.9 Å². The molecule has 0 spiro atoms. The van der Waals surface area contributed by atoms with Crippen LogP contribution < -0.4 is 0 Å². The van der Waals surface area contributed by atoms with E-state index in [4.69, 9.17) is 4.42 Å². The van der Waals surface area contributed by atoms with Crippen LogP contribution >= 0.6 is 15.9 Å². The summed E-state index contributed by atoms with van der Waals surface area (Å²) < 4.78 is 5.21. The van der Waals surface area contributed by atoms with E-state index >= 15 is 0 Å². The maximum Gasteiger partial charge on any atom is 0.257 e. The van der Waals surface area contributed by atoms with Crippen molar-refractivity contribution in [2.24, 2.45) is 0 Å². The van der Waals surface area contributed by atoms with Gasteiger partial charge in [0.1, 0.15) is 5.76 Å². The molecule has 1 aliphatic heterocycles. The van der Waals surface area contributed by atoms with E-state index in [0.29, 0.717) is 11.6 Å². The lowest BCUT2D eigenvalue weighted by Crippen LogP contribution is -2.44. The molecule has 17 heavy (non-hydrogen) atoms. The fraction of sp³-hybridized carbons (Fsp3) is 0.615. The van der Waals surface area contributed by atoms with Crippen molar-refractivity contribution in [3.05, 3.63) is 23.7 Å². The maximum absolute atomic E-state index is 12.4. The van der Waals surface area contributed by atoms with Gasteiger partial charge in [0.25, 0.3) is 5.91 Å². The summed E-state index contributed by atoms with van der Waals surface area (Å²) in [6, 6.07) is 2.15. The van der Waals surface area contributed by atoms with Crippen molar-refractivity contribution in [3.63, 3.8) is 0 Å². The molecular weight excluding hydrogens is 282 g/mol. The Labute approximate surface area is 110 Å². The zero-order chi connectivity index (χ0) is 12.3. The largest absolute Gasteiger partial charge is 0.469 e. The monoisotopic (exact) mass is 299 g/mol. The normalized spacial score (nSPS) is 20.6. The number of piperidine rings is 1. The molecule has 3 nitrogen and oxygen atoms in total. The molecular formula is C13H18BrNO2. The third kappa shape index (κ3) is 2.73. The lowest BCUT2D eigenvalue weighted by atomic mass is 9.99. The number of hydrogen-bond donors (Lipinski definition) is 0. The fourth-order valence-electron chi connectivity index (χ4n) is 2.46. The Kier molecular flexibility index (Phi) is 4.26. The SMILES string of the molecule is Cc1occc1C(=O)N1CCCCC1CCBr. The van der Waals surface area contributed by atoms with E-state index in [9.17, 15) is 4.79 Å². The third-order valence-corrected chi connectivity index (χ3v) is 3.88. The molecule has 0 aromatic carbocycles. The number of carbonyl (C=O) groups is 1. The zero-order valence-electron chi connectivity index (χ0n) is 10.1. The Morgan fingerprint density at radius 3 is 3.06 bits per heavy atom. The summed E-state index contributed by atoms with van der Waals surface area (Å²) in [5, 5.41) is 0.950. The minimum absolute atomic E-state index is 0.127. The number of alkyl halides is 1. The molecule has 1 amide bonds. The summed E-state index contributed by atoms with van der Waals surface area (Å²) in [6.07, 6.45) is 6.08. The Balaban J connectivity index is 2.14. The van der Waals surface area contributed by atoms with Gasteiger partial charge in [-0.2, -0.15) is 0 Å². The maximum atomic E-state index is 12.4. The molecule has 0 N–H and O–H groups in total. The molecule has 1 aliphatic rings. The van der Waals surface area contributed by atoms with Gasteiger partial charge in [-0.1, -0.05) is 15.9 Å². The van der Waals surface area contributed by atoms with Crippen LogP contribution in [0.3, 0.4) is 0 Å². The van der Waals surface area contributed by atoms with Crippen molar-refractivity contribution in [1.82, 2.24) is 4.90 Å². The molecule has 1 aromatic rings. The summed E-state index contributed by atoms with van der Waals surface area (Å²) >= 11 is 3.47. The van der Waals surface area contributed by atoms with Crippen LogP contribution in [0.25, 0.3) is 0 Å². The number of hydrogen-bond acceptors (Lipinski definition) is 2. The second-order valence-corrected chi connectivity index (χ2v) is 5.31. The minimum atomic E-state index is 0.127. The van der Waals surface area contributed by atoms with Crippen LogP contribution in [0, 0.1) is 6.92 Å². The lowest BCUT2D eigenvalue weighted by molar-refractivity contribution is 0.0608. The first kappa shape index (κ1) is 12.7. The molecule has 1 saturated heterocycles. The van der Waals surface area contributed by atoms with E-state index in [-0.39, 0.29) is 5.91 Å². The Morgan fingerprint density at radius 2 is 2.41 bits per heavy atom. The molecule has 1 unspecified atom stereocenters. The molecule has 0 radical (unpaired) electrons. The average molecular weight is 300 g/mol. The van der Waals surface area contributed by atoms with Gasteiger partial charge in [0.05, 0.1) is 11.8 Å². The Morgan fingerprint density at radius 1 is 1.59 bits per heavy atom. The van der Waals surface area contributed by atoms with Crippen molar-refractivity contribution in [3.8, 4) is 0 Å². The van der Waals surface area contributed by atoms with E-state index < -0.39 is 0 Å². The van der Waals surface area contributed by atoms with Gasteiger partial charge in [-0.15, -0.1) is 0 Å². The van der Waals surface area contributed by atoms with Crippen LogP contribution in [0.4, 0.5) is 0 Å². The quantitative estimate of drug-likeness (QED) is 0.802. The number of likely N-dealkylation sites (tertiary alicyclic amines) is 1. The highest BCUT2D eigenvalue weighted by Crippen LogP contribution is 2.23. The molecule has 0 bridgehead atoms. The summed E-state index contributed by atoms with van der Waals surface area (Å²) in [5.41, 5.74) is 0.714. The van der Waals surface area contributed by atoms with Gasteiger partial charge in [0.2, 0.25) is 0 Å². The second-order valence-electron chi connectivity index (χ2n) is 4.52. The van der Waals surface area contributed by atoms with Crippen LogP contribution in [0.5, 0.6) is 0 Å². The van der Waals surface area contributed by atoms with Crippen LogP contribution in [-0.4, -0.2) is 28.7 Å². The van der Waals surface area contributed by atoms with Gasteiger partial charge in [0.15, 0.2) is 0 Å². The molecule has 2 rings (SSSR count). The van der Waals surface area contributed by atoms with E-state index in [1.54, 1.807) is 12.3 Å². The van der Waals surface area contributed by atoms with Gasteiger partial charge in [-0.05, 0) is 38.7 Å². The van der Waals surface area contributed by atoms with Gasteiger partial charge < -0.3 is 9.32 Å². The highest BCUT2D eigenvalue weighted by molar-refractivity contribution is 9.09. The third-order valence-electron chi connectivity index (χ3n) is 3.42. The molecule has 1 atom stereocenters. The van der Waals surface area contributed by atoms with Crippen molar-refractivity contribution >= 4 is 21.8 Å². The summed E-state index contributed by atoms with van der Waals surface area (Å²) in [4.78, 5) is 14.4. The predicted molar refractivity (Wildman–Crippen MR) is 70.5 cm³/mol. The van der Waals surface area contributed by atoms with E-state index in [1.807, 2.05) is 11.8 Å². The number of carbonyl (C=O) groups excluding carboxylic acids is 1. The average Bonchev–Trinajstić information content (AvgIpc) is 2.76. The van der Waals surface area contributed by atoms with Crippen molar-refractivity contribution in [2.45, 2.75) is 38.6 Å². The summed E-state index contributed by atoms with van der Waals surface area (Å²) in [6.45, 7) is 2.72. The van der Waals surface area contributed by atoms with Crippen molar-refractivity contribution < 1.29 is 9.21 Å². The molecule has 94 valence electrons. The number of aryl methyl sites for hydroxylation is 1. The number of halogens is 1. The molecule has 2 heterocycles. The summed E-state index contributed by atoms with van der Waals surface area (Å²) in [7, 11) is 0. The zero-order valence-corrected chi connectivity index (χ0v) is 11.7. The Hall–Kier alpha value is -0.770. The number of furan rings is 1. The highest BCUT2D eigenvalue weighted by atomic mass is 79.9. The first-order valence-electron chi connectivity index (χ1n) is 6.15. The topological polar surface area (TPSA) is 33.5 Å². The highest BCUT2D eigenvalue weighted by Gasteiger charge is 2.28. The standard InChI is InChI=1S/C13H18BrNO2/c1-10-12(6-9-17-10)13(16)15-8-3-2-4-11(15)5-7-14/h6,9,11H,2-5,7-8H2,1H3. The van der Waals surface area contributed by atoms with Gasteiger partial charge >= 0.3 is 0 Å². The van der Waals surface area contributed by atoms with Crippen LogP contribution in [-0.2, 0) is 0 Å². The van der Waals surface area contributed by atoms with E-state index in [1.165, 1.54) is 6.42 Å². The first-order chi connectivity index (χ1) is 8.24. The van der Waals surface area contributed by atoms with Crippen LogP contribution in [0.2, 0.25) is 0 Å². The number of rotatable bonds is 3. The van der Waals surface area contributed by atoms with Gasteiger partial charge in [-0.3, -0.25) is 4.79 Å². The smallest absolute Gasteiger partial charge is 0.257 e. The number of amides is 1. The number of nitrogens with zero attached hydrogens (tertiary/aromatic N) is 1. The lowest BCUT2D eigenvalue weighted by Gasteiger charge is -2.35. The molecule has 1 fully saturated rings. The van der Waals surface area contributed by atoms with Gasteiger partial charge in [-0.25, -0.2) is 0 Å². The molecule has 4 heteroatoms. The predicted octanol–water partition coefficient (Wildman–Crippen LogP) is 3.37.